The van der Waals surface area contributed by atoms with Crippen molar-refractivity contribution >= 4 is 38.6 Å². The van der Waals surface area contributed by atoms with Crippen LogP contribution in [0.2, 0.25) is 4.34 Å². The molecule has 0 fully saturated rings. The van der Waals surface area contributed by atoms with Gasteiger partial charge in [-0.3, -0.25) is 4.31 Å². The molecule has 2 aromatic rings. The first kappa shape index (κ1) is 12.4. The van der Waals surface area contributed by atoms with Gasteiger partial charge in [0.25, 0.3) is 10.0 Å². The molecule has 0 atom stereocenters. The maximum Gasteiger partial charge on any atom is 0.273 e. The van der Waals surface area contributed by atoms with Gasteiger partial charge < -0.3 is 0 Å². The standard InChI is InChI=1S/C11H10ClNO2S2/c1-13(9-5-3-2-4-6-9)17(14,15)11-8-7-10(12)16-11/h2-8H,1H3. The largest absolute Gasteiger partial charge is 0.273 e. The Morgan fingerprint density at radius 2 is 1.76 bits per heavy atom. The fourth-order valence-electron chi connectivity index (χ4n) is 1.35. The first-order valence-electron chi connectivity index (χ1n) is 4.81. The highest BCUT2D eigenvalue weighted by Crippen LogP contribution is 2.29. The summed E-state index contributed by atoms with van der Waals surface area (Å²) in [5.41, 5.74) is 0.622. The minimum atomic E-state index is -3.50. The van der Waals surface area contributed by atoms with Gasteiger partial charge >= 0.3 is 0 Å². The van der Waals surface area contributed by atoms with Gasteiger partial charge in [-0.2, -0.15) is 0 Å². The second-order valence-corrected chi connectivity index (χ2v) is 7.28. The van der Waals surface area contributed by atoms with Crippen LogP contribution < -0.4 is 4.31 Å². The second-order valence-electron chi connectivity index (χ2n) is 3.37. The molecule has 3 nitrogen and oxygen atoms in total. The Balaban J connectivity index is 2.40. The van der Waals surface area contributed by atoms with Crippen LogP contribution in [-0.4, -0.2) is 15.5 Å². The van der Waals surface area contributed by atoms with Crippen molar-refractivity contribution in [2.45, 2.75) is 4.21 Å². The molecule has 0 aliphatic rings. The third-order valence-corrected chi connectivity index (χ3v) is 5.77. The number of halogens is 1. The number of anilines is 1. The molecule has 17 heavy (non-hydrogen) atoms. The lowest BCUT2D eigenvalue weighted by atomic mass is 10.3. The number of hydrogen-bond acceptors (Lipinski definition) is 3. The Hall–Kier alpha value is -1.04. The lowest BCUT2D eigenvalue weighted by Crippen LogP contribution is -2.25. The van der Waals surface area contributed by atoms with E-state index in [0.29, 0.717) is 10.0 Å². The normalized spacial score (nSPS) is 11.4. The summed E-state index contributed by atoms with van der Waals surface area (Å²) >= 11 is 6.81. The van der Waals surface area contributed by atoms with E-state index in [9.17, 15) is 8.42 Å². The lowest BCUT2D eigenvalue weighted by Gasteiger charge is -2.18. The zero-order valence-corrected chi connectivity index (χ0v) is 11.4. The molecule has 6 heteroatoms. The number of rotatable bonds is 3. The highest BCUT2D eigenvalue weighted by Gasteiger charge is 2.22. The highest BCUT2D eigenvalue weighted by atomic mass is 35.5. The first-order chi connectivity index (χ1) is 8.01. The van der Waals surface area contributed by atoms with Crippen molar-refractivity contribution in [3.05, 3.63) is 46.8 Å². The zero-order chi connectivity index (χ0) is 12.5. The van der Waals surface area contributed by atoms with Gasteiger partial charge in [-0.1, -0.05) is 29.8 Å². The lowest BCUT2D eigenvalue weighted by molar-refractivity contribution is 0.596. The maximum absolute atomic E-state index is 12.2. The van der Waals surface area contributed by atoms with Crippen LogP contribution in [0.4, 0.5) is 5.69 Å². The maximum atomic E-state index is 12.2. The summed E-state index contributed by atoms with van der Waals surface area (Å²) in [6, 6.07) is 12.0. The van der Waals surface area contributed by atoms with E-state index in [0.717, 1.165) is 11.3 Å². The number of para-hydroxylation sites is 1. The molecule has 0 unspecified atom stereocenters. The Labute approximate surface area is 109 Å². The third kappa shape index (κ3) is 2.46. The van der Waals surface area contributed by atoms with Crippen molar-refractivity contribution in [1.82, 2.24) is 0 Å². The fraction of sp³-hybridized carbons (Fsp3) is 0.0909. The highest BCUT2D eigenvalue weighted by molar-refractivity contribution is 7.94. The average Bonchev–Trinajstić information content (AvgIpc) is 2.77. The molecule has 90 valence electrons. The molecule has 0 aliphatic carbocycles. The zero-order valence-electron chi connectivity index (χ0n) is 9.00. The van der Waals surface area contributed by atoms with Crippen LogP contribution in [0.15, 0.2) is 46.7 Å². The average molecular weight is 288 g/mol. The smallest absolute Gasteiger partial charge is 0.269 e. The predicted molar refractivity (Wildman–Crippen MR) is 71.4 cm³/mol. The number of nitrogens with zero attached hydrogens (tertiary/aromatic N) is 1. The van der Waals surface area contributed by atoms with Crippen LogP contribution in [0.25, 0.3) is 0 Å². The molecule has 1 aromatic heterocycles. The monoisotopic (exact) mass is 287 g/mol. The summed E-state index contributed by atoms with van der Waals surface area (Å²) in [5, 5.41) is 0. The number of thiophene rings is 1. The molecule has 0 bridgehead atoms. The van der Waals surface area contributed by atoms with Gasteiger partial charge in [0, 0.05) is 7.05 Å². The molecule has 1 aromatic carbocycles. The minimum Gasteiger partial charge on any atom is -0.269 e. The summed E-state index contributed by atoms with van der Waals surface area (Å²) in [7, 11) is -1.98. The molecule has 2 rings (SSSR count). The Kier molecular flexibility index (Phi) is 3.42. The van der Waals surface area contributed by atoms with Gasteiger partial charge in [0.05, 0.1) is 10.0 Å². The molecular weight excluding hydrogens is 278 g/mol. The van der Waals surface area contributed by atoms with Crippen LogP contribution >= 0.6 is 22.9 Å². The quantitative estimate of drug-likeness (QED) is 0.869. The molecule has 0 saturated carbocycles. The first-order valence-corrected chi connectivity index (χ1v) is 7.44. The van der Waals surface area contributed by atoms with Crippen molar-refractivity contribution in [2.24, 2.45) is 0 Å². The molecule has 0 saturated heterocycles. The molecule has 0 spiro atoms. The Bertz CT molecular complexity index is 607. The van der Waals surface area contributed by atoms with E-state index in [4.69, 9.17) is 11.6 Å². The molecule has 1 heterocycles. The van der Waals surface area contributed by atoms with Crippen molar-refractivity contribution in [2.75, 3.05) is 11.4 Å². The Morgan fingerprint density at radius 1 is 1.12 bits per heavy atom. The Morgan fingerprint density at radius 3 is 2.29 bits per heavy atom. The van der Waals surface area contributed by atoms with Crippen LogP contribution in [-0.2, 0) is 10.0 Å². The van der Waals surface area contributed by atoms with E-state index in [2.05, 4.69) is 0 Å². The summed E-state index contributed by atoms with van der Waals surface area (Å²) in [6.07, 6.45) is 0. The van der Waals surface area contributed by atoms with Gasteiger partial charge in [-0.05, 0) is 24.3 Å². The SMILES string of the molecule is CN(c1ccccc1)S(=O)(=O)c1ccc(Cl)s1. The fourth-order valence-corrected chi connectivity index (χ4v) is 4.20. The van der Waals surface area contributed by atoms with E-state index >= 15 is 0 Å². The molecule has 0 N–H and O–H groups in total. The summed E-state index contributed by atoms with van der Waals surface area (Å²) in [5.74, 6) is 0. The van der Waals surface area contributed by atoms with Gasteiger partial charge in [-0.15, -0.1) is 11.3 Å². The van der Waals surface area contributed by atoms with E-state index < -0.39 is 10.0 Å². The van der Waals surface area contributed by atoms with Crippen molar-refractivity contribution in [3.8, 4) is 0 Å². The van der Waals surface area contributed by atoms with Crippen LogP contribution in [0.5, 0.6) is 0 Å². The summed E-state index contributed by atoms with van der Waals surface area (Å²) in [4.78, 5) is 0. The number of sulfonamides is 1. The van der Waals surface area contributed by atoms with Crippen LogP contribution in [0.3, 0.4) is 0 Å². The number of benzene rings is 1. The van der Waals surface area contributed by atoms with Gasteiger partial charge in [-0.25, -0.2) is 8.42 Å². The third-order valence-electron chi connectivity index (χ3n) is 2.28. The van der Waals surface area contributed by atoms with Gasteiger partial charge in [0.2, 0.25) is 0 Å². The van der Waals surface area contributed by atoms with Gasteiger partial charge in [0.1, 0.15) is 4.21 Å². The summed E-state index contributed by atoms with van der Waals surface area (Å²) < 4.78 is 26.4. The van der Waals surface area contributed by atoms with E-state index in [-0.39, 0.29) is 4.21 Å². The van der Waals surface area contributed by atoms with E-state index in [1.54, 1.807) is 30.3 Å². The predicted octanol–water partition coefficient (Wildman–Crippen LogP) is 3.23. The molecule has 0 radical (unpaired) electrons. The number of hydrogen-bond donors (Lipinski definition) is 0. The second kappa shape index (κ2) is 4.68. The van der Waals surface area contributed by atoms with Crippen molar-refractivity contribution in [3.63, 3.8) is 0 Å². The molecule has 0 aliphatic heterocycles. The van der Waals surface area contributed by atoms with E-state index in [1.807, 2.05) is 6.07 Å². The van der Waals surface area contributed by atoms with Crippen molar-refractivity contribution < 1.29 is 8.42 Å². The van der Waals surface area contributed by atoms with Gasteiger partial charge in [0.15, 0.2) is 0 Å². The van der Waals surface area contributed by atoms with Crippen LogP contribution in [0, 0.1) is 0 Å². The minimum absolute atomic E-state index is 0.244. The van der Waals surface area contributed by atoms with Crippen molar-refractivity contribution in [1.29, 1.82) is 0 Å². The molecular formula is C11H10ClNO2S2. The summed E-state index contributed by atoms with van der Waals surface area (Å²) in [6.45, 7) is 0. The van der Waals surface area contributed by atoms with E-state index in [1.165, 1.54) is 17.4 Å². The molecule has 0 amide bonds. The topological polar surface area (TPSA) is 37.4 Å². The van der Waals surface area contributed by atoms with Crippen LogP contribution in [0.1, 0.15) is 0 Å².